The minimum atomic E-state index is 0.599. The van der Waals surface area contributed by atoms with Gasteiger partial charge in [-0.05, 0) is 6.07 Å². The largest absolute Gasteiger partial charge is 0.344 e. The number of hydrogen-bond acceptors (Lipinski definition) is 2. The zero-order chi connectivity index (χ0) is 9.97. The van der Waals surface area contributed by atoms with Gasteiger partial charge in [-0.15, -0.1) is 0 Å². The van der Waals surface area contributed by atoms with Crippen LogP contribution in [-0.2, 0) is 0 Å². The fourth-order valence-electron chi connectivity index (χ4n) is 1.19. The van der Waals surface area contributed by atoms with Crippen molar-refractivity contribution in [3.05, 3.63) is 46.3 Å². The molecule has 1 N–H and O–H groups in total. The third-order valence-corrected chi connectivity index (χ3v) is 2.35. The van der Waals surface area contributed by atoms with Crippen molar-refractivity contribution in [2.24, 2.45) is 0 Å². The summed E-state index contributed by atoms with van der Waals surface area (Å²) in [5.74, 6) is 0. The number of hydrogen-bond donors (Lipinski definition) is 1. The molecule has 14 heavy (non-hydrogen) atoms. The second kappa shape index (κ2) is 3.90. The summed E-state index contributed by atoms with van der Waals surface area (Å²) in [6.45, 7) is 0. The van der Waals surface area contributed by atoms with Gasteiger partial charge < -0.3 is 4.98 Å². The lowest BCUT2D eigenvalue weighted by molar-refractivity contribution is 1.18. The van der Waals surface area contributed by atoms with Crippen LogP contribution < -0.4 is 0 Å². The Labute approximate surface area is 91.6 Å². The SMILES string of the molecule is S=c1cncc(-c2ccccc2Cl)[nH]1. The molecule has 0 amide bonds. The smallest absolute Gasteiger partial charge is 0.122 e. The third kappa shape index (κ3) is 1.84. The van der Waals surface area contributed by atoms with Gasteiger partial charge in [-0.2, -0.15) is 0 Å². The van der Waals surface area contributed by atoms with E-state index in [2.05, 4.69) is 9.97 Å². The number of halogens is 1. The number of H-pyrrole nitrogens is 1. The normalized spacial score (nSPS) is 10.1. The molecule has 0 unspecified atom stereocenters. The Morgan fingerprint density at radius 2 is 2.00 bits per heavy atom. The van der Waals surface area contributed by atoms with Crippen molar-refractivity contribution in [1.82, 2.24) is 9.97 Å². The van der Waals surface area contributed by atoms with Crippen LogP contribution in [0.1, 0.15) is 0 Å². The van der Waals surface area contributed by atoms with Crippen molar-refractivity contribution in [1.29, 1.82) is 0 Å². The van der Waals surface area contributed by atoms with E-state index < -0.39 is 0 Å². The van der Waals surface area contributed by atoms with E-state index in [9.17, 15) is 0 Å². The molecule has 0 bridgehead atoms. The van der Waals surface area contributed by atoms with Crippen LogP contribution in [0.3, 0.4) is 0 Å². The molecule has 2 aromatic rings. The Morgan fingerprint density at radius 3 is 2.71 bits per heavy atom. The third-order valence-electron chi connectivity index (χ3n) is 1.82. The zero-order valence-electron chi connectivity index (χ0n) is 7.20. The van der Waals surface area contributed by atoms with Crippen LogP contribution in [0.25, 0.3) is 11.3 Å². The number of rotatable bonds is 1. The van der Waals surface area contributed by atoms with Gasteiger partial charge in [-0.25, -0.2) is 0 Å². The second-order valence-electron chi connectivity index (χ2n) is 2.79. The summed E-state index contributed by atoms with van der Waals surface area (Å²) >= 11 is 11.0. The van der Waals surface area contributed by atoms with E-state index in [0.29, 0.717) is 9.66 Å². The van der Waals surface area contributed by atoms with Crippen LogP contribution in [0.4, 0.5) is 0 Å². The minimum absolute atomic E-state index is 0.599. The molecule has 0 fully saturated rings. The first-order chi connectivity index (χ1) is 6.77. The quantitative estimate of drug-likeness (QED) is 0.749. The van der Waals surface area contributed by atoms with Crippen molar-refractivity contribution in [2.75, 3.05) is 0 Å². The van der Waals surface area contributed by atoms with E-state index in [1.807, 2.05) is 24.3 Å². The van der Waals surface area contributed by atoms with Crippen molar-refractivity contribution in [3.8, 4) is 11.3 Å². The van der Waals surface area contributed by atoms with Crippen LogP contribution in [-0.4, -0.2) is 9.97 Å². The van der Waals surface area contributed by atoms with E-state index in [4.69, 9.17) is 23.8 Å². The van der Waals surface area contributed by atoms with Gasteiger partial charge >= 0.3 is 0 Å². The molecule has 0 saturated carbocycles. The first-order valence-electron chi connectivity index (χ1n) is 4.06. The molecule has 0 aliphatic heterocycles. The first kappa shape index (κ1) is 9.37. The number of benzene rings is 1. The summed E-state index contributed by atoms with van der Waals surface area (Å²) in [7, 11) is 0. The van der Waals surface area contributed by atoms with Gasteiger partial charge in [0, 0.05) is 10.6 Å². The van der Waals surface area contributed by atoms with Crippen molar-refractivity contribution in [3.63, 3.8) is 0 Å². The lowest BCUT2D eigenvalue weighted by Gasteiger charge is -2.02. The van der Waals surface area contributed by atoms with Gasteiger partial charge in [0.2, 0.25) is 0 Å². The highest BCUT2D eigenvalue weighted by atomic mass is 35.5. The van der Waals surface area contributed by atoms with Gasteiger partial charge in [-0.1, -0.05) is 42.0 Å². The number of aromatic nitrogens is 2. The van der Waals surface area contributed by atoms with Gasteiger partial charge in [0.25, 0.3) is 0 Å². The summed E-state index contributed by atoms with van der Waals surface area (Å²) in [5, 5.41) is 0.686. The van der Waals surface area contributed by atoms with Crippen molar-refractivity contribution in [2.45, 2.75) is 0 Å². The van der Waals surface area contributed by atoms with E-state index in [-0.39, 0.29) is 0 Å². The summed E-state index contributed by atoms with van der Waals surface area (Å²) in [5.41, 5.74) is 1.75. The minimum Gasteiger partial charge on any atom is -0.344 e. The first-order valence-corrected chi connectivity index (χ1v) is 4.85. The molecule has 2 rings (SSSR count). The number of nitrogens with one attached hydrogen (secondary N) is 1. The maximum Gasteiger partial charge on any atom is 0.122 e. The van der Waals surface area contributed by atoms with Crippen molar-refractivity contribution >= 4 is 23.8 Å². The molecule has 0 radical (unpaired) electrons. The average molecular weight is 223 g/mol. The van der Waals surface area contributed by atoms with E-state index >= 15 is 0 Å². The lowest BCUT2D eigenvalue weighted by Crippen LogP contribution is -1.86. The van der Waals surface area contributed by atoms with Gasteiger partial charge in [0.15, 0.2) is 0 Å². The van der Waals surface area contributed by atoms with Crippen LogP contribution in [0.15, 0.2) is 36.7 Å². The predicted octanol–water partition coefficient (Wildman–Crippen LogP) is 3.46. The molecule has 1 aromatic carbocycles. The van der Waals surface area contributed by atoms with Gasteiger partial charge in [0.1, 0.15) is 4.64 Å². The van der Waals surface area contributed by atoms with Crippen LogP contribution >= 0.6 is 23.8 Å². The van der Waals surface area contributed by atoms with Gasteiger partial charge in [-0.3, -0.25) is 4.98 Å². The molecule has 0 atom stereocenters. The highest BCUT2D eigenvalue weighted by Crippen LogP contribution is 2.24. The molecule has 1 aromatic heterocycles. The monoisotopic (exact) mass is 222 g/mol. The average Bonchev–Trinajstić information content (AvgIpc) is 2.18. The Bertz CT molecular complexity index is 507. The highest BCUT2D eigenvalue weighted by molar-refractivity contribution is 7.71. The molecule has 0 aliphatic carbocycles. The highest BCUT2D eigenvalue weighted by Gasteiger charge is 2.01. The second-order valence-corrected chi connectivity index (χ2v) is 3.64. The fourth-order valence-corrected chi connectivity index (χ4v) is 1.60. The summed E-state index contributed by atoms with van der Waals surface area (Å²) in [6, 6.07) is 7.56. The Morgan fingerprint density at radius 1 is 1.21 bits per heavy atom. The molecule has 0 spiro atoms. The standard InChI is InChI=1S/C10H7ClN2S/c11-8-4-2-1-3-7(8)9-5-12-6-10(14)13-9/h1-6H,(H,13,14). The molecule has 0 aliphatic rings. The van der Waals surface area contributed by atoms with Gasteiger partial charge in [0.05, 0.1) is 18.1 Å². The molecule has 70 valence electrons. The summed E-state index contributed by atoms with van der Waals surface area (Å²) < 4.78 is 0.599. The molecular formula is C10H7ClN2S. The topological polar surface area (TPSA) is 28.7 Å². The number of nitrogens with zero attached hydrogens (tertiary/aromatic N) is 1. The lowest BCUT2D eigenvalue weighted by atomic mass is 10.2. The van der Waals surface area contributed by atoms with Crippen LogP contribution in [0.5, 0.6) is 0 Å². The maximum absolute atomic E-state index is 6.03. The van der Waals surface area contributed by atoms with E-state index in [1.54, 1.807) is 12.4 Å². The Hall–Kier alpha value is -1.19. The van der Waals surface area contributed by atoms with Crippen molar-refractivity contribution < 1.29 is 0 Å². The fraction of sp³-hybridized carbons (Fsp3) is 0. The van der Waals surface area contributed by atoms with E-state index in [0.717, 1.165) is 11.3 Å². The molecule has 0 saturated heterocycles. The molecular weight excluding hydrogens is 216 g/mol. The molecule has 1 heterocycles. The van der Waals surface area contributed by atoms with E-state index in [1.165, 1.54) is 0 Å². The molecule has 2 nitrogen and oxygen atoms in total. The zero-order valence-corrected chi connectivity index (χ0v) is 8.77. The maximum atomic E-state index is 6.03. The summed E-state index contributed by atoms with van der Waals surface area (Å²) in [4.78, 5) is 7.04. The number of aromatic amines is 1. The molecule has 4 heteroatoms. The Kier molecular flexibility index (Phi) is 2.61. The summed E-state index contributed by atoms with van der Waals surface area (Å²) in [6.07, 6.45) is 3.30. The van der Waals surface area contributed by atoms with Crippen LogP contribution in [0.2, 0.25) is 5.02 Å². The predicted molar refractivity (Wildman–Crippen MR) is 59.9 cm³/mol. The van der Waals surface area contributed by atoms with Crippen LogP contribution in [0, 0.1) is 4.64 Å². The Balaban J connectivity index is 2.61.